The lowest BCUT2D eigenvalue weighted by Gasteiger charge is -2.38. The Labute approximate surface area is 113 Å². The molecule has 103 valence electrons. The van der Waals surface area contributed by atoms with Crippen molar-refractivity contribution in [3.8, 4) is 5.75 Å². The highest BCUT2D eigenvalue weighted by molar-refractivity contribution is 5.77. The number of pyridine rings is 1. The monoisotopic (exact) mass is 263 g/mol. The number of hydroxylamine groups is 2. The standard InChI is InChI=1S/C14H19N2O3/c1-10-5-7-15-9-12(10)19-16-8-6-11(16)13(17)18-14(2,3)4/h5,7,11H,6,8H2,1-4H3. The molecule has 2 rings (SSSR count). The highest BCUT2D eigenvalue weighted by Crippen LogP contribution is 2.25. The summed E-state index contributed by atoms with van der Waals surface area (Å²) in [5.41, 5.74) is 0.458. The van der Waals surface area contributed by atoms with Crippen LogP contribution in [0.1, 0.15) is 32.8 Å². The molecule has 0 spiro atoms. The number of esters is 1. The van der Waals surface area contributed by atoms with Crippen molar-refractivity contribution in [3.05, 3.63) is 24.0 Å². The largest absolute Gasteiger partial charge is 0.459 e. The van der Waals surface area contributed by atoms with Gasteiger partial charge in [-0.15, -0.1) is 5.06 Å². The van der Waals surface area contributed by atoms with Gasteiger partial charge >= 0.3 is 5.97 Å². The molecule has 19 heavy (non-hydrogen) atoms. The summed E-state index contributed by atoms with van der Waals surface area (Å²) in [6, 6.07) is 1.50. The molecular weight excluding hydrogens is 244 g/mol. The van der Waals surface area contributed by atoms with Crippen LogP contribution in [0.2, 0.25) is 0 Å². The molecule has 0 aromatic carbocycles. The Morgan fingerprint density at radius 1 is 1.53 bits per heavy atom. The number of hydrogen-bond acceptors (Lipinski definition) is 5. The fraction of sp³-hybridized carbons (Fsp3) is 0.571. The summed E-state index contributed by atoms with van der Waals surface area (Å²) in [6.07, 6.45) is 5.18. The third kappa shape index (κ3) is 3.44. The van der Waals surface area contributed by atoms with Crippen molar-refractivity contribution >= 4 is 5.97 Å². The Kier molecular flexibility index (Phi) is 3.75. The van der Waals surface area contributed by atoms with Crippen LogP contribution >= 0.6 is 0 Å². The third-order valence-electron chi connectivity index (χ3n) is 2.78. The van der Waals surface area contributed by atoms with Crippen LogP contribution in [-0.2, 0) is 9.53 Å². The molecule has 1 fully saturated rings. The molecule has 0 aliphatic carbocycles. The van der Waals surface area contributed by atoms with E-state index < -0.39 is 5.60 Å². The first-order chi connectivity index (χ1) is 8.87. The molecule has 1 unspecified atom stereocenters. The molecule has 0 N–H and O–H groups in total. The van der Waals surface area contributed by atoms with E-state index in [4.69, 9.17) is 9.57 Å². The highest BCUT2D eigenvalue weighted by atomic mass is 16.7. The average molecular weight is 263 g/mol. The van der Waals surface area contributed by atoms with Crippen LogP contribution < -0.4 is 4.84 Å². The number of ether oxygens (including phenoxy) is 1. The van der Waals surface area contributed by atoms with Crippen LogP contribution in [0.5, 0.6) is 5.75 Å². The Morgan fingerprint density at radius 2 is 2.26 bits per heavy atom. The van der Waals surface area contributed by atoms with Crippen molar-refractivity contribution in [3.63, 3.8) is 0 Å². The van der Waals surface area contributed by atoms with Crippen LogP contribution in [0.15, 0.2) is 12.3 Å². The fourth-order valence-electron chi connectivity index (χ4n) is 1.70. The quantitative estimate of drug-likeness (QED) is 0.780. The number of carbonyl (C=O) groups is 1. The summed E-state index contributed by atoms with van der Waals surface area (Å²) in [5.74, 6) is 0.302. The molecule has 0 bridgehead atoms. The third-order valence-corrected chi connectivity index (χ3v) is 2.78. The van der Waals surface area contributed by atoms with Crippen molar-refractivity contribution in [1.29, 1.82) is 0 Å². The van der Waals surface area contributed by atoms with Crippen molar-refractivity contribution < 1.29 is 14.4 Å². The van der Waals surface area contributed by atoms with E-state index in [1.165, 1.54) is 0 Å². The lowest BCUT2D eigenvalue weighted by Crippen LogP contribution is -2.55. The summed E-state index contributed by atoms with van der Waals surface area (Å²) in [6.45, 7) is 8.18. The Morgan fingerprint density at radius 3 is 2.79 bits per heavy atom. The molecule has 0 saturated carbocycles. The predicted molar refractivity (Wildman–Crippen MR) is 69.4 cm³/mol. The minimum absolute atomic E-state index is 0.250. The van der Waals surface area contributed by atoms with E-state index in [0.717, 1.165) is 12.0 Å². The lowest BCUT2D eigenvalue weighted by molar-refractivity contribution is -0.198. The summed E-state index contributed by atoms with van der Waals surface area (Å²) in [7, 11) is 0. The fourth-order valence-corrected chi connectivity index (χ4v) is 1.70. The van der Waals surface area contributed by atoms with E-state index in [1.54, 1.807) is 11.3 Å². The lowest BCUT2D eigenvalue weighted by atomic mass is 10.1. The van der Waals surface area contributed by atoms with Gasteiger partial charge in [0.15, 0.2) is 5.75 Å². The molecule has 1 aliphatic heterocycles. The average Bonchev–Trinajstić information content (AvgIpc) is 2.23. The molecule has 1 aromatic rings. The summed E-state index contributed by atoms with van der Waals surface area (Å²) in [4.78, 5) is 21.5. The smallest absolute Gasteiger partial charge is 0.327 e. The van der Waals surface area contributed by atoms with Crippen molar-refractivity contribution in [2.45, 2.75) is 45.8 Å². The Bertz CT molecular complexity index is 468. The maximum atomic E-state index is 12.0. The van der Waals surface area contributed by atoms with Gasteiger partial charge in [0.25, 0.3) is 0 Å². The zero-order valence-corrected chi connectivity index (χ0v) is 11.8. The van der Waals surface area contributed by atoms with E-state index in [-0.39, 0.29) is 12.0 Å². The van der Waals surface area contributed by atoms with Gasteiger partial charge in [-0.2, -0.15) is 0 Å². The molecular formula is C14H19N2O3. The number of carbonyl (C=O) groups excluding carboxylic acids is 1. The van der Waals surface area contributed by atoms with E-state index in [0.29, 0.717) is 12.3 Å². The van der Waals surface area contributed by atoms with E-state index in [2.05, 4.69) is 11.2 Å². The molecule has 0 amide bonds. The predicted octanol–water partition coefficient (Wildman–Crippen LogP) is 1.90. The van der Waals surface area contributed by atoms with Gasteiger partial charge in [0.2, 0.25) is 0 Å². The Balaban J connectivity index is 1.96. The normalized spacial score (nSPS) is 19.7. The second-order valence-electron chi connectivity index (χ2n) is 5.64. The van der Waals surface area contributed by atoms with Gasteiger partial charge in [-0.05, 0) is 45.7 Å². The molecule has 5 nitrogen and oxygen atoms in total. The summed E-state index contributed by atoms with van der Waals surface area (Å²) in [5, 5.41) is 1.62. The summed E-state index contributed by atoms with van der Waals surface area (Å²) < 4.78 is 5.35. The first-order valence-electron chi connectivity index (χ1n) is 6.37. The SMILES string of the molecule is Cc1ccn[c]c1ON1CCC1C(=O)OC(C)(C)C. The molecule has 5 heteroatoms. The molecule has 1 aromatic heterocycles. The first-order valence-corrected chi connectivity index (χ1v) is 6.37. The van der Waals surface area contributed by atoms with Gasteiger partial charge in [0.1, 0.15) is 17.8 Å². The number of hydrogen-bond donors (Lipinski definition) is 0. The van der Waals surface area contributed by atoms with Crippen LogP contribution in [0, 0.1) is 13.1 Å². The maximum absolute atomic E-state index is 12.0. The zero-order chi connectivity index (χ0) is 14.0. The second-order valence-corrected chi connectivity index (χ2v) is 5.64. The van der Waals surface area contributed by atoms with Crippen LogP contribution in [-0.4, -0.2) is 34.2 Å². The molecule has 1 aliphatic rings. The van der Waals surface area contributed by atoms with Crippen molar-refractivity contribution in [1.82, 2.24) is 10.0 Å². The minimum atomic E-state index is -0.477. The van der Waals surface area contributed by atoms with Gasteiger partial charge in [0.05, 0.1) is 0 Å². The number of nitrogens with zero attached hydrogens (tertiary/aromatic N) is 2. The topological polar surface area (TPSA) is 51.7 Å². The molecule has 2 heterocycles. The van der Waals surface area contributed by atoms with Gasteiger partial charge in [-0.25, -0.2) is 0 Å². The molecule has 1 atom stereocenters. The van der Waals surface area contributed by atoms with E-state index in [1.807, 2.05) is 33.8 Å². The van der Waals surface area contributed by atoms with Crippen molar-refractivity contribution in [2.75, 3.05) is 6.54 Å². The van der Waals surface area contributed by atoms with Gasteiger partial charge in [0, 0.05) is 12.7 Å². The van der Waals surface area contributed by atoms with E-state index in [9.17, 15) is 4.79 Å². The van der Waals surface area contributed by atoms with E-state index >= 15 is 0 Å². The maximum Gasteiger partial charge on any atom is 0.327 e. The highest BCUT2D eigenvalue weighted by Gasteiger charge is 2.39. The second kappa shape index (κ2) is 5.17. The zero-order valence-electron chi connectivity index (χ0n) is 11.8. The number of rotatable bonds is 3. The van der Waals surface area contributed by atoms with Gasteiger partial charge < -0.3 is 9.57 Å². The Hall–Kier alpha value is -1.62. The van der Waals surface area contributed by atoms with Crippen molar-refractivity contribution in [2.24, 2.45) is 0 Å². The van der Waals surface area contributed by atoms with Gasteiger partial charge in [-0.1, -0.05) is 0 Å². The molecule has 1 saturated heterocycles. The summed E-state index contributed by atoms with van der Waals surface area (Å²) >= 11 is 0. The minimum Gasteiger partial charge on any atom is -0.459 e. The number of aryl methyl sites for hydroxylation is 1. The van der Waals surface area contributed by atoms with Crippen LogP contribution in [0.25, 0.3) is 0 Å². The van der Waals surface area contributed by atoms with Gasteiger partial charge in [-0.3, -0.25) is 9.78 Å². The molecule has 1 radical (unpaired) electrons. The number of aromatic nitrogens is 1. The van der Waals surface area contributed by atoms with Crippen LogP contribution in [0.4, 0.5) is 0 Å². The van der Waals surface area contributed by atoms with Crippen LogP contribution in [0.3, 0.4) is 0 Å². The first kappa shape index (κ1) is 13.8.